The average molecular weight is 368 g/mol. The highest BCUT2D eigenvalue weighted by Crippen LogP contribution is 2.24. The molecular weight excluding hydrogens is 344 g/mol. The summed E-state index contributed by atoms with van der Waals surface area (Å²) in [5.74, 6) is -0.567. The van der Waals surface area contributed by atoms with Gasteiger partial charge in [-0.1, -0.05) is 19.1 Å². The number of carbonyl (C=O) groups excluding carboxylic acids is 2. The molecule has 1 heterocycles. The monoisotopic (exact) mass is 368 g/mol. The van der Waals surface area contributed by atoms with Crippen molar-refractivity contribution in [3.63, 3.8) is 0 Å². The van der Waals surface area contributed by atoms with Gasteiger partial charge in [-0.25, -0.2) is 4.79 Å². The Morgan fingerprint density at radius 3 is 2.44 bits per heavy atom. The number of para-hydroxylation sites is 1. The van der Waals surface area contributed by atoms with E-state index < -0.39 is 18.5 Å². The maximum absolute atomic E-state index is 12.0. The second-order valence-electron chi connectivity index (χ2n) is 6.86. The summed E-state index contributed by atoms with van der Waals surface area (Å²) < 4.78 is 4.95. The fourth-order valence-electron chi connectivity index (χ4n) is 3.07. The lowest BCUT2D eigenvalue weighted by atomic mass is 9.99. The topological polar surface area (TPSA) is 78.9 Å². The first kappa shape index (κ1) is 18.8. The van der Waals surface area contributed by atoms with Crippen LogP contribution in [0.15, 0.2) is 48.5 Å². The van der Waals surface area contributed by atoms with Crippen LogP contribution in [-0.2, 0) is 9.53 Å². The predicted molar refractivity (Wildman–Crippen MR) is 104 cm³/mol. The van der Waals surface area contributed by atoms with E-state index in [9.17, 15) is 14.7 Å². The smallest absolute Gasteiger partial charge is 0.342 e. The molecule has 1 aliphatic heterocycles. The van der Waals surface area contributed by atoms with Gasteiger partial charge < -0.3 is 20.1 Å². The van der Waals surface area contributed by atoms with Crippen molar-refractivity contribution in [1.29, 1.82) is 0 Å². The number of piperidine rings is 1. The summed E-state index contributed by atoms with van der Waals surface area (Å²) in [6.07, 6.45) is 2.39. The summed E-state index contributed by atoms with van der Waals surface area (Å²) in [4.78, 5) is 26.2. The quantitative estimate of drug-likeness (QED) is 0.791. The normalized spacial score (nSPS) is 14.6. The summed E-state index contributed by atoms with van der Waals surface area (Å²) >= 11 is 0. The third-order valence-corrected chi connectivity index (χ3v) is 4.76. The fourth-order valence-corrected chi connectivity index (χ4v) is 3.07. The molecule has 1 fully saturated rings. The molecule has 6 nitrogen and oxygen atoms in total. The Morgan fingerprint density at radius 1 is 1.11 bits per heavy atom. The summed E-state index contributed by atoms with van der Waals surface area (Å²) in [5, 5.41) is 12.3. The molecule has 2 aromatic carbocycles. The number of carbonyl (C=O) groups is 2. The third-order valence-electron chi connectivity index (χ3n) is 4.76. The molecule has 0 aliphatic carbocycles. The Hall–Kier alpha value is -3.02. The summed E-state index contributed by atoms with van der Waals surface area (Å²) in [5.41, 5.74) is 1.82. The van der Waals surface area contributed by atoms with Gasteiger partial charge in [-0.15, -0.1) is 0 Å². The molecule has 0 spiro atoms. The number of hydrogen-bond acceptors (Lipinski definition) is 5. The van der Waals surface area contributed by atoms with Gasteiger partial charge in [-0.05, 0) is 55.2 Å². The molecule has 2 N–H and O–H groups in total. The number of nitrogens with zero attached hydrogens (tertiary/aromatic N) is 1. The molecule has 0 atom stereocenters. The van der Waals surface area contributed by atoms with Gasteiger partial charge in [0, 0.05) is 24.5 Å². The van der Waals surface area contributed by atoms with Gasteiger partial charge in [0.15, 0.2) is 6.61 Å². The first-order chi connectivity index (χ1) is 13.0. The van der Waals surface area contributed by atoms with E-state index in [1.54, 1.807) is 12.1 Å². The maximum Gasteiger partial charge on any atom is 0.342 e. The van der Waals surface area contributed by atoms with E-state index in [4.69, 9.17) is 4.74 Å². The van der Waals surface area contributed by atoms with Gasteiger partial charge in [0.05, 0.1) is 0 Å². The molecule has 1 amide bonds. The largest absolute Gasteiger partial charge is 0.507 e. The lowest BCUT2D eigenvalue weighted by Gasteiger charge is -2.32. The highest BCUT2D eigenvalue weighted by atomic mass is 16.5. The molecule has 6 heteroatoms. The van der Waals surface area contributed by atoms with Crippen LogP contribution in [0.1, 0.15) is 30.1 Å². The molecule has 2 aromatic rings. The van der Waals surface area contributed by atoms with Crippen LogP contribution < -0.4 is 10.2 Å². The van der Waals surface area contributed by atoms with Crippen LogP contribution in [-0.4, -0.2) is 36.7 Å². The Bertz CT molecular complexity index is 796. The van der Waals surface area contributed by atoms with Gasteiger partial charge in [0.1, 0.15) is 11.3 Å². The minimum Gasteiger partial charge on any atom is -0.507 e. The SMILES string of the molecule is CC1CCN(c2ccc(NC(=O)COC(=O)c3ccccc3O)cc2)CC1. The van der Waals surface area contributed by atoms with Crippen LogP contribution in [0.25, 0.3) is 0 Å². The number of ether oxygens (including phenoxy) is 1. The van der Waals surface area contributed by atoms with Crippen LogP contribution in [0.2, 0.25) is 0 Å². The number of benzene rings is 2. The number of anilines is 2. The van der Waals surface area contributed by atoms with Gasteiger partial charge in [0.2, 0.25) is 0 Å². The molecule has 0 saturated carbocycles. The standard InChI is InChI=1S/C21H24N2O4/c1-15-10-12-23(13-11-15)17-8-6-16(7-9-17)22-20(25)14-27-21(26)18-4-2-3-5-19(18)24/h2-9,15,24H,10-14H2,1H3,(H,22,25). The van der Waals surface area contributed by atoms with Crippen molar-refractivity contribution in [1.82, 2.24) is 0 Å². The number of aromatic hydroxyl groups is 1. The van der Waals surface area contributed by atoms with Crippen molar-refractivity contribution in [3.8, 4) is 5.75 Å². The lowest BCUT2D eigenvalue weighted by Crippen LogP contribution is -2.32. The molecule has 142 valence electrons. The summed E-state index contributed by atoms with van der Waals surface area (Å²) in [7, 11) is 0. The Labute approximate surface area is 158 Å². The van der Waals surface area contributed by atoms with Gasteiger partial charge in [-0.2, -0.15) is 0 Å². The maximum atomic E-state index is 12.0. The molecule has 0 radical (unpaired) electrons. The van der Waals surface area contributed by atoms with Crippen LogP contribution in [0, 0.1) is 5.92 Å². The number of amides is 1. The van der Waals surface area contributed by atoms with Crippen LogP contribution in [0.3, 0.4) is 0 Å². The van der Waals surface area contributed by atoms with Crippen LogP contribution >= 0.6 is 0 Å². The molecule has 27 heavy (non-hydrogen) atoms. The fraction of sp³-hybridized carbons (Fsp3) is 0.333. The second-order valence-corrected chi connectivity index (χ2v) is 6.86. The molecule has 0 bridgehead atoms. The Kier molecular flexibility index (Phi) is 5.96. The first-order valence-electron chi connectivity index (χ1n) is 9.13. The van der Waals surface area contributed by atoms with Crippen molar-refractivity contribution in [2.75, 3.05) is 29.9 Å². The van der Waals surface area contributed by atoms with Crippen molar-refractivity contribution in [2.45, 2.75) is 19.8 Å². The van der Waals surface area contributed by atoms with E-state index in [-0.39, 0.29) is 11.3 Å². The predicted octanol–water partition coefficient (Wildman–Crippen LogP) is 3.42. The highest BCUT2D eigenvalue weighted by molar-refractivity contribution is 5.96. The third kappa shape index (κ3) is 5.00. The van der Waals surface area contributed by atoms with Crippen molar-refractivity contribution < 1.29 is 19.4 Å². The van der Waals surface area contributed by atoms with E-state index in [0.29, 0.717) is 5.69 Å². The zero-order valence-electron chi connectivity index (χ0n) is 15.4. The molecule has 3 rings (SSSR count). The summed E-state index contributed by atoms with van der Waals surface area (Å²) in [6, 6.07) is 13.7. The van der Waals surface area contributed by atoms with Crippen LogP contribution in [0.4, 0.5) is 11.4 Å². The van der Waals surface area contributed by atoms with Gasteiger partial charge in [0.25, 0.3) is 5.91 Å². The van der Waals surface area contributed by atoms with Crippen molar-refractivity contribution in [2.24, 2.45) is 5.92 Å². The number of rotatable bonds is 5. The molecule has 0 aromatic heterocycles. The highest BCUT2D eigenvalue weighted by Gasteiger charge is 2.16. The van der Waals surface area contributed by atoms with Gasteiger partial charge in [-0.3, -0.25) is 4.79 Å². The number of phenols is 1. The van der Waals surface area contributed by atoms with Gasteiger partial charge >= 0.3 is 5.97 Å². The average Bonchev–Trinajstić information content (AvgIpc) is 2.68. The van der Waals surface area contributed by atoms with E-state index in [2.05, 4.69) is 17.1 Å². The summed E-state index contributed by atoms with van der Waals surface area (Å²) in [6.45, 7) is 3.96. The molecule has 0 unspecified atom stereocenters. The van der Waals surface area contributed by atoms with Crippen molar-refractivity contribution in [3.05, 3.63) is 54.1 Å². The molecule has 1 aliphatic rings. The van der Waals surface area contributed by atoms with E-state index in [1.165, 1.54) is 25.0 Å². The minimum absolute atomic E-state index is 0.0329. The van der Waals surface area contributed by atoms with E-state index in [1.807, 2.05) is 24.3 Å². The van der Waals surface area contributed by atoms with Crippen LogP contribution in [0.5, 0.6) is 5.75 Å². The molecular formula is C21H24N2O4. The lowest BCUT2D eigenvalue weighted by molar-refractivity contribution is -0.119. The second kappa shape index (κ2) is 8.58. The van der Waals surface area contributed by atoms with E-state index >= 15 is 0 Å². The molecule has 1 saturated heterocycles. The zero-order valence-corrected chi connectivity index (χ0v) is 15.4. The number of esters is 1. The zero-order chi connectivity index (χ0) is 19.2. The Morgan fingerprint density at radius 2 is 1.78 bits per heavy atom. The van der Waals surface area contributed by atoms with Crippen molar-refractivity contribution >= 4 is 23.3 Å². The first-order valence-corrected chi connectivity index (χ1v) is 9.13. The van der Waals surface area contributed by atoms with E-state index in [0.717, 1.165) is 24.7 Å². The number of phenolic OH excluding ortho intramolecular Hbond substituents is 1. The Balaban J connectivity index is 1.49. The number of hydrogen-bond donors (Lipinski definition) is 2. The minimum atomic E-state index is -0.738. The number of nitrogens with one attached hydrogen (secondary N) is 1.